The third-order valence-corrected chi connectivity index (χ3v) is 7.74. The Morgan fingerprint density at radius 2 is 1.76 bits per heavy atom. The fourth-order valence-electron chi connectivity index (χ4n) is 5.50. The van der Waals surface area contributed by atoms with Gasteiger partial charge in [0, 0.05) is 54.1 Å². The fraction of sp³-hybridized carbons (Fsp3) is 0.344. The topological polar surface area (TPSA) is 37.3 Å². The second-order valence-corrected chi connectivity index (χ2v) is 10.7. The molecule has 0 bridgehead atoms. The van der Waals surface area contributed by atoms with Crippen LogP contribution in [-0.2, 0) is 11.3 Å². The molecule has 37 heavy (non-hydrogen) atoms. The van der Waals surface area contributed by atoms with Crippen LogP contribution in [-0.4, -0.2) is 41.6 Å². The maximum absolute atomic E-state index is 13.2. The third kappa shape index (κ3) is 6.44. The molecule has 1 amide bonds. The Hall–Kier alpha value is -3.08. The SMILES string of the molecule is Cc1ccc(Cn2cc(C(CC(=O)NCCN3CCCCC3)c3cccc(Cl)c3)c3ccccc32)cc1. The van der Waals surface area contributed by atoms with Crippen LogP contribution in [0.4, 0.5) is 0 Å². The molecule has 2 heterocycles. The molecule has 1 aliphatic heterocycles. The average molecular weight is 514 g/mol. The number of nitrogens with one attached hydrogen (secondary N) is 1. The number of rotatable bonds is 9. The van der Waals surface area contributed by atoms with Crippen LogP contribution in [0.2, 0.25) is 5.02 Å². The van der Waals surface area contributed by atoms with Crippen molar-refractivity contribution < 1.29 is 4.79 Å². The van der Waals surface area contributed by atoms with Gasteiger partial charge in [0.1, 0.15) is 0 Å². The standard InChI is InChI=1S/C32H36ClN3O/c1-24-12-14-25(15-13-24)22-36-23-30(28-10-3-4-11-31(28)36)29(26-8-7-9-27(33)20-26)21-32(37)34-16-19-35-17-5-2-6-18-35/h3-4,7-15,20,23,29H,2,5-6,16-19,21-22H2,1H3,(H,34,37). The van der Waals surface area contributed by atoms with E-state index < -0.39 is 0 Å². The number of hydrogen-bond acceptors (Lipinski definition) is 2. The van der Waals surface area contributed by atoms with Crippen LogP contribution in [0.5, 0.6) is 0 Å². The maximum atomic E-state index is 13.2. The molecule has 0 spiro atoms. The van der Waals surface area contributed by atoms with Crippen LogP contribution < -0.4 is 5.32 Å². The molecular formula is C32H36ClN3O. The Morgan fingerprint density at radius 1 is 0.973 bits per heavy atom. The van der Waals surface area contributed by atoms with Crippen molar-refractivity contribution in [2.75, 3.05) is 26.2 Å². The van der Waals surface area contributed by atoms with E-state index in [1.165, 1.54) is 41.3 Å². The lowest BCUT2D eigenvalue weighted by Crippen LogP contribution is -2.38. The maximum Gasteiger partial charge on any atom is 0.220 e. The van der Waals surface area contributed by atoms with Gasteiger partial charge in [-0.25, -0.2) is 0 Å². The molecule has 1 fully saturated rings. The van der Waals surface area contributed by atoms with Crippen LogP contribution in [0.25, 0.3) is 10.9 Å². The van der Waals surface area contributed by atoms with Gasteiger partial charge in [-0.3, -0.25) is 4.79 Å². The molecule has 1 aliphatic rings. The molecule has 192 valence electrons. The number of carbonyl (C=O) groups is 1. The van der Waals surface area contributed by atoms with Gasteiger partial charge in [0.25, 0.3) is 0 Å². The predicted octanol–water partition coefficient (Wildman–Crippen LogP) is 6.78. The molecule has 4 nitrogen and oxygen atoms in total. The highest BCUT2D eigenvalue weighted by molar-refractivity contribution is 6.30. The summed E-state index contributed by atoms with van der Waals surface area (Å²) in [7, 11) is 0. The third-order valence-electron chi connectivity index (χ3n) is 7.51. The second-order valence-electron chi connectivity index (χ2n) is 10.3. The lowest BCUT2D eigenvalue weighted by Gasteiger charge is -2.26. The minimum absolute atomic E-state index is 0.0809. The summed E-state index contributed by atoms with van der Waals surface area (Å²) in [6, 6.07) is 25.1. The highest BCUT2D eigenvalue weighted by Gasteiger charge is 2.23. The molecule has 1 N–H and O–H groups in total. The van der Waals surface area contributed by atoms with Gasteiger partial charge in [-0.15, -0.1) is 0 Å². The molecule has 1 unspecified atom stereocenters. The Kier molecular flexibility index (Phi) is 8.28. The number of halogens is 1. The van der Waals surface area contributed by atoms with Crippen LogP contribution in [0.15, 0.2) is 79.0 Å². The van der Waals surface area contributed by atoms with E-state index in [-0.39, 0.29) is 11.8 Å². The zero-order chi connectivity index (χ0) is 25.6. The Bertz CT molecular complexity index is 1340. The number of hydrogen-bond donors (Lipinski definition) is 1. The van der Waals surface area contributed by atoms with Crippen LogP contribution in [0.3, 0.4) is 0 Å². The minimum atomic E-state index is -0.0853. The summed E-state index contributed by atoms with van der Waals surface area (Å²) >= 11 is 6.41. The number of benzene rings is 3. The van der Waals surface area contributed by atoms with Crippen molar-refractivity contribution in [2.45, 2.75) is 45.1 Å². The van der Waals surface area contributed by atoms with Crippen molar-refractivity contribution in [2.24, 2.45) is 0 Å². The molecular weight excluding hydrogens is 478 g/mol. The Labute approximate surface area is 225 Å². The highest BCUT2D eigenvalue weighted by atomic mass is 35.5. The first kappa shape index (κ1) is 25.6. The highest BCUT2D eigenvalue weighted by Crippen LogP contribution is 2.36. The number of para-hydroxylation sites is 1. The van der Waals surface area contributed by atoms with Gasteiger partial charge in [0.2, 0.25) is 5.91 Å². The predicted molar refractivity (Wildman–Crippen MR) is 153 cm³/mol. The van der Waals surface area contributed by atoms with Gasteiger partial charge in [-0.1, -0.05) is 78.2 Å². The van der Waals surface area contributed by atoms with E-state index in [0.717, 1.165) is 37.3 Å². The van der Waals surface area contributed by atoms with Gasteiger partial charge >= 0.3 is 0 Å². The van der Waals surface area contributed by atoms with E-state index in [1.54, 1.807) is 0 Å². The van der Waals surface area contributed by atoms with Crippen LogP contribution in [0.1, 0.15) is 53.9 Å². The Morgan fingerprint density at radius 3 is 2.54 bits per heavy atom. The summed E-state index contributed by atoms with van der Waals surface area (Å²) < 4.78 is 2.31. The number of aromatic nitrogens is 1. The van der Waals surface area contributed by atoms with Gasteiger partial charge in [-0.05, 0) is 67.7 Å². The van der Waals surface area contributed by atoms with Crippen molar-refractivity contribution in [3.63, 3.8) is 0 Å². The molecule has 1 aromatic heterocycles. The van der Waals surface area contributed by atoms with Crippen LogP contribution in [0, 0.1) is 6.92 Å². The molecule has 1 saturated heterocycles. The summed E-state index contributed by atoms with van der Waals surface area (Å²) in [4.78, 5) is 15.7. The van der Waals surface area contributed by atoms with Gasteiger partial charge in [0.15, 0.2) is 0 Å². The summed E-state index contributed by atoms with van der Waals surface area (Å²) in [6.07, 6.45) is 6.46. The van der Waals surface area contributed by atoms with Gasteiger partial charge in [-0.2, -0.15) is 0 Å². The Balaban J connectivity index is 1.41. The van der Waals surface area contributed by atoms with Gasteiger partial charge in [0.05, 0.1) is 0 Å². The van der Waals surface area contributed by atoms with Crippen molar-refractivity contribution in [3.05, 3.63) is 106 Å². The van der Waals surface area contributed by atoms with E-state index in [1.807, 2.05) is 18.2 Å². The number of piperidine rings is 1. The summed E-state index contributed by atoms with van der Waals surface area (Å²) in [6.45, 7) is 6.79. The molecule has 5 rings (SSSR count). The number of amides is 1. The number of likely N-dealkylation sites (tertiary alicyclic amines) is 1. The van der Waals surface area contributed by atoms with Gasteiger partial charge < -0.3 is 14.8 Å². The van der Waals surface area contributed by atoms with Crippen molar-refractivity contribution in [1.82, 2.24) is 14.8 Å². The molecule has 0 aliphatic carbocycles. The van der Waals surface area contributed by atoms with E-state index in [0.29, 0.717) is 18.0 Å². The second kappa shape index (κ2) is 12.0. The summed E-state index contributed by atoms with van der Waals surface area (Å²) in [5.74, 6) is -0.00444. The molecule has 0 saturated carbocycles. The van der Waals surface area contributed by atoms with E-state index >= 15 is 0 Å². The summed E-state index contributed by atoms with van der Waals surface area (Å²) in [5.41, 5.74) is 5.92. The average Bonchev–Trinajstić information content (AvgIpc) is 3.27. The molecule has 0 radical (unpaired) electrons. The first-order valence-electron chi connectivity index (χ1n) is 13.4. The number of carbonyl (C=O) groups excluding carboxylic acids is 1. The summed E-state index contributed by atoms with van der Waals surface area (Å²) in [5, 5.41) is 5.07. The molecule has 4 aromatic rings. The number of nitrogens with zero attached hydrogens (tertiary/aromatic N) is 2. The minimum Gasteiger partial charge on any atom is -0.355 e. The quantitative estimate of drug-likeness (QED) is 0.268. The van der Waals surface area contributed by atoms with Crippen LogP contribution >= 0.6 is 11.6 Å². The monoisotopic (exact) mass is 513 g/mol. The van der Waals surface area contributed by atoms with E-state index in [4.69, 9.17) is 11.6 Å². The fourth-order valence-corrected chi connectivity index (χ4v) is 5.70. The largest absolute Gasteiger partial charge is 0.355 e. The first-order chi connectivity index (χ1) is 18.1. The zero-order valence-corrected chi connectivity index (χ0v) is 22.4. The van der Waals surface area contributed by atoms with E-state index in [2.05, 4.69) is 82.5 Å². The molecule has 5 heteroatoms. The smallest absolute Gasteiger partial charge is 0.220 e. The number of fused-ring (bicyclic) bond motifs is 1. The van der Waals surface area contributed by atoms with Crippen molar-refractivity contribution in [1.29, 1.82) is 0 Å². The van der Waals surface area contributed by atoms with Crippen molar-refractivity contribution in [3.8, 4) is 0 Å². The molecule has 3 aromatic carbocycles. The number of aryl methyl sites for hydroxylation is 1. The lowest BCUT2D eigenvalue weighted by molar-refractivity contribution is -0.121. The van der Waals surface area contributed by atoms with Crippen molar-refractivity contribution >= 4 is 28.4 Å². The first-order valence-corrected chi connectivity index (χ1v) is 13.8. The zero-order valence-electron chi connectivity index (χ0n) is 21.6. The normalized spacial score (nSPS) is 15.1. The lowest BCUT2D eigenvalue weighted by atomic mass is 9.88. The van der Waals surface area contributed by atoms with E-state index in [9.17, 15) is 4.79 Å². The molecule has 1 atom stereocenters.